The van der Waals surface area contributed by atoms with Gasteiger partial charge in [-0.05, 0) is 57.7 Å². The largest absolute Gasteiger partial charge is 0.351 e. The van der Waals surface area contributed by atoms with Gasteiger partial charge in [0.1, 0.15) is 0 Å². The number of carbonyl (C=O) groups excluding carboxylic acids is 1. The van der Waals surface area contributed by atoms with Crippen molar-refractivity contribution in [1.82, 2.24) is 10.6 Å². The molecule has 3 nitrogen and oxygen atoms in total. The first-order valence-electron chi connectivity index (χ1n) is 7.55. The number of hydrogen-bond acceptors (Lipinski definition) is 2. The number of nitrogens with one attached hydrogen (secondary N) is 2. The van der Waals surface area contributed by atoms with Gasteiger partial charge in [-0.2, -0.15) is 0 Å². The van der Waals surface area contributed by atoms with Crippen LogP contribution < -0.4 is 10.6 Å². The maximum atomic E-state index is 11.2. The van der Waals surface area contributed by atoms with Crippen molar-refractivity contribution >= 4 is 17.5 Å². The molecule has 1 saturated carbocycles. The van der Waals surface area contributed by atoms with Crippen molar-refractivity contribution in [2.24, 2.45) is 0 Å². The smallest absolute Gasteiger partial charge is 0.217 e. The lowest BCUT2D eigenvalue weighted by molar-refractivity contribution is -0.120. The van der Waals surface area contributed by atoms with Crippen LogP contribution in [0.4, 0.5) is 0 Å². The molecule has 0 spiro atoms. The van der Waals surface area contributed by atoms with Crippen LogP contribution in [-0.2, 0) is 10.3 Å². The van der Waals surface area contributed by atoms with E-state index in [1.165, 1.54) is 5.56 Å². The second-order valence-electron chi connectivity index (χ2n) is 6.90. The second-order valence-corrected chi connectivity index (χ2v) is 7.34. The van der Waals surface area contributed by atoms with Gasteiger partial charge in [-0.1, -0.05) is 23.7 Å². The molecule has 2 rings (SSSR count). The summed E-state index contributed by atoms with van der Waals surface area (Å²) in [5.74, 6) is 0.0195. The van der Waals surface area contributed by atoms with Crippen LogP contribution >= 0.6 is 11.6 Å². The highest BCUT2D eigenvalue weighted by molar-refractivity contribution is 6.30. The Bertz CT molecular complexity index is 506. The van der Waals surface area contributed by atoms with E-state index in [-0.39, 0.29) is 17.0 Å². The van der Waals surface area contributed by atoms with E-state index < -0.39 is 0 Å². The first-order chi connectivity index (χ1) is 9.72. The quantitative estimate of drug-likeness (QED) is 0.843. The summed E-state index contributed by atoms with van der Waals surface area (Å²) >= 11 is 5.96. The van der Waals surface area contributed by atoms with Gasteiger partial charge in [0, 0.05) is 29.1 Å². The normalized spacial score (nSPS) is 18.1. The summed E-state index contributed by atoms with van der Waals surface area (Å²) in [6, 6.07) is 8.43. The van der Waals surface area contributed by atoms with E-state index in [4.69, 9.17) is 11.6 Å². The molecule has 1 aromatic rings. The summed E-state index contributed by atoms with van der Waals surface area (Å²) in [4.78, 5) is 11.2. The molecule has 21 heavy (non-hydrogen) atoms. The zero-order chi connectivity index (χ0) is 15.7. The third kappa shape index (κ3) is 4.45. The van der Waals surface area contributed by atoms with Crippen molar-refractivity contribution in [2.75, 3.05) is 0 Å². The van der Waals surface area contributed by atoms with Crippen LogP contribution in [0, 0.1) is 0 Å². The molecule has 1 fully saturated rings. The van der Waals surface area contributed by atoms with E-state index >= 15 is 0 Å². The minimum absolute atomic E-state index is 0.0195. The van der Waals surface area contributed by atoms with Gasteiger partial charge in [0.2, 0.25) is 5.91 Å². The monoisotopic (exact) mass is 308 g/mol. The van der Waals surface area contributed by atoms with Crippen molar-refractivity contribution in [3.63, 3.8) is 0 Å². The number of carbonyl (C=O) groups is 1. The van der Waals surface area contributed by atoms with Gasteiger partial charge in [0.15, 0.2) is 0 Å². The van der Waals surface area contributed by atoms with Gasteiger partial charge in [0.05, 0.1) is 0 Å². The Balaban J connectivity index is 1.97. The fraction of sp³-hybridized carbons (Fsp3) is 0.588. The predicted octanol–water partition coefficient (Wildman–Crippen LogP) is 3.61. The first-order valence-corrected chi connectivity index (χ1v) is 7.93. The molecule has 1 aliphatic carbocycles. The van der Waals surface area contributed by atoms with Crippen LogP contribution in [0.5, 0.6) is 0 Å². The molecule has 0 aliphatic heterocycles. The first kappa shape index (κ1) is 16.3. The molecule has 1 aliphatic rings. The lowest BCUT2D eigenvalue weighted by Crippen LogP contribution is -2.48. The number of halogens is 1. The SMILES string of the molecule is CC(=O)NC(C)(C)C[C@@H](C)NC1(c2ccc(Cl)cc2)CC1. The molecule has 1 atom stereocenters. The highest BCUT2D eigenvalue weighted by atomic mass is 35.5. The molecule has 0 radical (unpaired) electrons. The number of benzene rings is 1. The third-order valence-electron chi connectivity index (χ3n) is 4.00. The summed E-state index contributed by atoms with van der Waals surface area (Å²) in [5.41, 5.74) is 1.20. The molecule has 1 amide bonds. The number of rotatable bonds is 6. The average molecular weight is 309 g/mol. The minimum atomic E-state index is -0.200. The molecule has 2 N–H and O–H groups in total. The van der Waals surface area contributed by atoms with Crippen LogP contribution in [-0.4, -0.2) is 17.5 Å². The Morgan fingerprint density at radius 3 is 2.38 bits per heavy atom. The minimum Gasteiger partial charge on any atom is -0.351 e. The summed E-state index contributed by atoms with van der Waals surface area (Å²) in [6.45, 7) is 7.87. The summed E-state index contributed by atoms with van der Waals surface area (Å²) in [5, 5.41) is 7.52. The Morgan fingerprint density at radius 1 is 1.33 bits per heavy atom. The Kier molecular flexibility index (Phi) is 4.64. The van der Waals surface area contributed by atoms with Gasteiger partial charge in [-0.3, -0.25) is 4.79 Å². The van der Waals surface area contributed by atoms with Crippen LogP contribution in [0.3, 0.4) is 0 Å². The fourth-order valence-electron chi connectivity index (χ4n) is 3.23. The van der Waals surface area contributed by atoms with Crippen molar-refractivity contribution in [3.05, 3.63) is 34.9 Å². The van der Waals surface area contributed by atoms with Crippen LogP contribution in [0.2, 0.25) is 5.02 Å². The highest BCUT2D eigenvalue weighted by Gasteiger charge is 2.45. The molecule has 116 valence electrons. The lowest BCUT2D eigenvalue weighted by atomic mass is 9.94. The van der Waals surface area contributed by atoms with Crippen molar-refractivity contribution < 1.29 is 4.79 Å². The van der Waals surface area contributed by atoms with Crippen LogP contribution in [0.15, 0.2) is 24.3 Å². The zero-order valence-electron chi connectivity index (χ0n) is 13.3. The Morgan fingerprint density at radius 2 is 1.90 bits per heavy atom. The fourth-order valence-corrected chi connectivity index (χ4v) is 3.35. The molecule has 4 heteroatoms. The Hall–Kier alpha value is -1.06. The molecular weight excluding hydrogens is 284 g/mol. The Labute approximate surface area is 132 Å². The molecular formula is C17H25ClN2O. The van der Waals surface area contributed by atoms with Crippen LogP contribution in [0.1, 0.15) is 52.5 Å². The van der Waals surface area contributed by atoms with Gasteiger partial charge in [-0.25, -0.2) is 0 Å². The van der Waals surface area contributed by atoms with Crippen LogP contribution in [0.25, 0.3) is 0 Å². The predicted molar refractivity (Wildman–Crippen MR) is 87.5 cm³/mol. The number of hydrogen-bond donors (Lipinski definition) is 2. The molecule has 1 aromatic carbocycles. The van der Waals surface area contributed by atoms with Gasteiger partial charge >= 0.3 is 0 Å². The van der Waals surface area contributed by atoms with Gasteiger partial charge in [0.25, 0.3) is 0 Å². The summed E-state index contributed by atoms with van der Waals surface area (Å²) in [7, 11) is 0. The number of amides is 1. The lowest BCUT2D eigenvalue weighted by Gasteiger charge is -2.32. The summed E-state index contributed by atoms with van der Waals surface area (Å²) < 4.78 is 0. The maximum Gasteiger partial charge on any atom is 0.217 e. The van der Waals surface area contributed by atoms with Gasteiger partial charge in [-0.15, -0.1) is 0 Å². The van der Waals surface area contributed by atoms with E-state index in [0.29, 0.717) is 6.04 Å². The third-order valence-corrected chi connectivity index (χ3v) is 4.25. The second kappa shape index (κ2) is 5.98. The zero-order valence-corrected chi connectivity index (χ0v) is 14.1. The van der Waals surface area contributed by atoms with E-state index in [2.05, 4.69) is 43.5 Å². The highest BCUT2D eigenvalue weighted by Crippen LogP contribution is 2.46. The van der Waals surface area contributed by atoms with Crippen molar-refractivity contribution in [1.29, 1.82) is 0 Å². The van der Waals surface area contributed by atoms with Crippen molar-refractivity contribution in [3.8, 4) is 0 Å². The molecule has 0 saturated heterocycles. The molecule has 0 heterocycles. The molecule has 0 unspecified atom stereocenters. The summed E-state index contributed by atoms with van der Waals surface area (Å²) in [6.07, 6.45) is 3.20. The van der Waals surface area contributed by atoms with E-state index in [9.17, 15) is 4.79 Å². The molecule has 0 bridgehead atoms. The maximum absolute atomic E-state index is 11.2. The van der Waals surface area contributed by atoms with Crippen molar-refractivity contribution in [2.45, 2.75) is 64.1 Å². The van der Waals surface area contributed by atoms with Gasteiger partial charge < -0.3 is 10.6 Å². The molecule has 0 aromatic heterocycles. The van der Waals surface area contributed by atoms with E-state index in [1.54, 1.807) is 6.92 Å². The average Bonchev–Trinajstić information content (AvgIpc) is 3.07. The topological polar surface area (TPSA) is 41.1 Å². The standard InChI is InChI=1S/C17H25ClN2O/c1-12(11-16(3,4)20-13(2)21)19-17(9-10-17)14-5-7-15(18)8-6-14/h5-8,12,19H,9-11H2,1-4H3,(H,20,21)/t12-/m1/s1. The van der Waals surface area contributed by atoms with E-state index in [1.807, 2.05) is 12.1 Å². The van der Waals surface area contributed by atoms with E-state index in [0.717, 1.165) is 24.3 Å².